The van der Waals surface area contributed by atoms with Gasteiger partial charge in [-0.25, -0.2) is 9.78 Å². The third-order valence-corrected chi connectivity index (χ3v) is 4.68. The predicted octanol–water partition coefficient (Wildman–Crippen LogP) is 1.27. The number of hydrogen-bond donors (Lipinski definition) is 0. The van der Waals surface area contributed by atoms with Crippen LogP contribution in [0.4, 0.5) is 5.13 Å². The maximum Gasteiger partial charge on any atom is 0.381 e. The van der Waals surface area contributed by atoms with E-state index in [9.17, 15) is 19.2 Å². The van der Waals surface area contributed by atoms with Crippen LogP contribution in [0.2, 0.25) is 0 Å². The van der Waals surface area contributed by atoms with E-state index in [1.165, 1.54) is 17.2 Å². The minimum Gasteiger partial charge on any atom is -0.460 e. The first-order valence-corrected chi connectivity index (χ1v) is 8.32. The van der Waals surface area contributed by atoms with Gasteiger partial charge in [0.15, 0.2) is 10.2 Å². The van der Waals surface area contributed by atoms with Crippen LogP contribution in [0.25, 0.3) is 0 Å². The summed E-state index contributed by atoms with van der Waals surface area (Å²) in [7, 11) is 0. The zero-order valence-corrected chi connectivity index (χ0v) is 13.7. The van der Waals surface area contributed by atoms with E-state index < -0.39 is 11.8 Å². The standard InChI is InChI=1S/C13H14N2O5S2/c1-3-20-12(19)11(18)9-6-21-13(14-9)15-5-8(4-10(15)17)22-7(2)16/h6,8H,3-5H2,1-2H3. The Labute approximate surface area is 135 Å². The Morgan fingerprint density at radius 3 is 2.86 bits per heavy atom. The number of rotatable bonds is 5. The summed E-state index contributed by atoms with van der Waals surface area (Å²) in [5.74, 6) is -1.94. The first kappa shape index (κ1) is 16.6. The van der Waals surface area contributed by atoms with Gasteiger partial charge in [-0.15, -0.1) is 11.3 Å². The molecule has 1 atom stereocenters. The van der Waals surface area contributed by atoms with Gasteiger partial charge in [0.25, 0.3) is 5.78 Å². The molecule has 1 aromatic heterocycles. The molecule has 2 heterocycles. The fourth-order valence-corrected chi connectivity index (χ4v) is 3.72. The lowest BCUT2D eigenvalue weighted by molar-refractivity contribution is -0.137. The van der Waals surface area contributed by atoms with Crippen LogP contribution in [0.3, 0.4) is 0 Å². The fraction of sp³-hybridized carbons (Fsp3) is 0.462. The maximum absolute atomic E-state index is 12.0. The second-order valence-corrected chi connectivity index (χ2v) is 6.82. The molecule has 1 amide bonds. The average molecular weight is 342 g/mol. The molecule has 0 bridgehead atoms. The molecule has 2 rings (SSSR count). The topological polar surface area (TPSA) is 93.6 Å². The van der Waals surface area contributed by atoms with Crippen LogP contribution < -0.4 is 4.90 Å². The molecular weight excluding hydrogens is 328 g/mol. The van der Waals surface area contributed by atoms with Crippen molar-refractivity contribution in [3.63, 3.8) is 0 Å². The van der Waals surface area contributed by atoms with Crippen molar-refractivity contribution in [1.82, 2.24) is 4.98 Å². The molecule has 0 saturated carbocycles. The van der Waals surface area contributed by atoms with Gasteiger partial charge in [0, 0.05) is 30.5 Å². The minimum atomic E-state index is -0.961. The van der Waals surface area contributed by atoms with Crippen molar-refractivity contribution < 1.29 is 23.9 Å². The van der Waals surface area contributed by atoms with Crippen molar-refractivity contribution >= 4 is 51.0 Å². The van der Waals surface area contributed by atoms with E-state index in [-0.39, 0.29) is 35.0 Å². The number of Topliss-reactive ketones (excluding diaryl/α,β-unsaturated/α-hetero) is 1. The molecule has 1 unspecified atom stereocenters. The monoisotopic (exact) mass is 342 g/mol. The van der Waals surface area contributed by atoms with Gasteiger partial charge in [0.05, 0.1) is 6.61 Å². The van der Waals surface area contributed by atoms with E-state index in [1.807, 2.05) is 0 Å². The number of ketones is 1. The minimum absolute atomic E-state index is 0.0334. The Balaban J connectivity index is 2.08. The third kappa shape index (κ3) is 3.72. The highest BCUT2D eigenvalue weighted by Crippen LogP contribution is 2.30. The summed E-state index contributed by atoms with van der Waals surface area (Å²) in [4.78, 5) is 51.7. The lowest BCUT2D eigenvalue weighted by atomic mass is 10.3. The third-order valence-electron chi connectivity index (χ3n) is 2.84. The molecule has 1 saturated heterocycles. The molecule has 0 aliphatic carbocycles. The Morgan fingerprint density at radius 2 is 2.23 bits per heavy atom. The highest BCUT2D eigenvalue weighted by atomic mass is 32.2. The Hall–Kier alpha value is -1.74. The van der Waals surface area contributed by atoms with Crippen LogP contribution >= 0.6 is 23.1 Å². The molecular formula is C13H14N2O5S2. The normalized spacial score (nSPS) is 17.6. The molecule has 118 valence electrons. The quantitative estimate of drug-likeness (QED) is 0.452. The molecule has 7 nitrogen and oxygen atoms in total. The molecule has 1 aromatic rings. The highest BCUT2D eigenvalue weighted by molar-refractivity contribution is 8.14. The van der Waals surface area contributed by atoms with Gasteiger partial charge in [0.2, 0.25) is 5.91 Å². The van der Waals surface area contributed by atoms with Crippen LogP contribution in [0.5, 0.6) is 0 Å². The second kappa shape index (κ2) is 7.01. The number of aromatic nitrogens is 1. The Kier molecular flexibility index (Phi) is 5.30. The van der Waals surface area contributed by atoms with E-state index in [2.05, 4.69) is 9.72 Å². The number of carbonyl (C=O) groups excluding carboxylic acids is 4. The van der Waals surface area contributed by atoms with Crippen LogP contribution in [-0.2, 0) is 19.1 Å². The second-order valence-electron chi connectivity index (χ2n) is 4.50. The Morgan fingerprint density at radius 1 is 1.50 bits per heavy atom. The first-order valence-electron chi connectivity index (χ1n) is 6.57. The van der Waals surface area contributed by atoms with Crippen molar-refractivity contribution in [3.05, 3.63) is 11.1 Å². The van der Waals surface area contributed by atoms with Gasteiger partial charge in [-0.05, 0) is 6.92 Å². The highest BCUT2D eigenvalue weighted by Gasteiger charge is 2.34. The SMILES string of the molecule is CCOC(=O)C(=O)c1csc(N2CC(SC(C)=O)CC2=O)n1. The molecule has 0 aromatic carbocycles. The van der Waals surface area contributed by atoms with Crippen molar-refractivity contribution in [3.8, 4) is 0 Å². The van der Waals surface area contributed by atoms with Crippen molar-refractivity contribution in [2.75, 3.05) is 18.1 Å². The fourth-order valence-electron chi connectivity index (χ4n) is 1.97. The van der Waals surface area contributed by atoms with E-state index in [4.69, 9.17) is 0 Å². The summed E-state index contributed by atoms with van der Waals surface area (Å²) in [6, 6.07) is 0. The van der Waals surface area contributed by atoms with Crippen LogP contribution in [0.1, 0.15) is 30.8 Å². The zero-order chi connectivity index (χ0) is 16.3. The number of ether oxygens (including phenoxy) is 1. The van der Waals surface area contributed by atoms with Crippen molar-refractivity contribution in [2.45, 2.75) is 25.5 Å². The number of carbonyl (C=O) groups is 4. The summed E-state index contributed by atoms with van der Waals surface area (Å²) in [6.07, 6.45) is 0.255. The van der Waals surface area contributed by atoms with Crippen LogP contribution in [0.15, 0.2) is 5.38 Å². The zero-order valence-electron chi connectivity index (χ0n) is 12.0. The van der Waals surface area contributed by atoms with Crippen LogP contribution in [0, 0.1) is 0 Å². The molecule has 1 fully saturated rings. The first-order chi connectivity index (χ1) is 10.4. The largest absolute Gasteiger partial charge is 0.460 e. The van der Waals surface area contributed by atoms with Crippen molar-refractivity contribution in [1.29, 1.82) is 0 Å². The summed E-state index contributed by atoms with van der Waals surface area (Å²) < 4.78 is 4.63. The van der Waals surface area contributed by atoms with Crippen molar-refractivity contribution in [2.24, 2.45) is 0 Å². The average Bonchev–Trinajstić information content (AvgIpc) is 3.04. The van der Waals surface area contributed by atoms with Gasteiger partial charge in [0.1, 0.15) is 5.69 Å². The smallest absolute Gasteiger partial charge is 0.381 e. The van der Waals surface area contributed by atoms with Crippen LogP contribution in [-0.4, -0.2) is 46.2 Å². The summed E-state index contributed by atoms with van der Waals surface area (Å²) in [5, 5.41) is 1.62. The van der Waals surface area contributed by atoms with E-state index in [1.54, 1.807) is 6.92 Å². The number of esters is 1. The lowest BCUT2D eigenvalue weighted by Crippen LogP contribution is -2.25. The van der Waals surface area contributed by atoms with Gasteiger partial charge < -0.3 is 4.74 Å². The summed E-state index contributed by atoms with van der Waals surface area (Å²) in [6.45, 7) is 3.53. The van der Waals surface area contributed by atoms with E-state index in [0.29, 0.717) is 11.7 Å². The van der Waals surface area contributed by atoms with Gasteiger partial charge >= 0.3 is 5.97 Å². The van der Waals surface area contributed by atoms with Gasteiger partial charge in [-0.1, -0.05) is 11.8 Å². The summed E-state index contributed by atoms with van der Waals surface area (Å²) >= 11 is 2.23. The van der Waals surface area contributed by atoms with E-state index in [0.717, 1.165) is 23.1 Å². The molecule has 9 heteroatoms. The number of thioether (sulfide) groups is 1. The number of amides is 1. The lowest BCUT2D eigenvalue weighted by Gasteiger charge is -2.11. The molecule has 1 aliphatic heterocycles. The maximum atomic E-state index is 12.0. The summed E-state index contributed by atoms with van der Waals surface area (Å²) in [5.41, 5.74) is -0.0334. The van der Waals surface area contributed by atoms with E-state index >= 15 is 0 Å². The molecule has 1 aliphatic rings. The Bertz CT molecular complexity index is 628. The molecule has 22 heavy (non-hydrogen) atoms. The number of thiazole rings is 1. The predicted molar refractivity (Wildman–Crippen MR) is 82.1 cm³/mol. The number of anilines is 1. The van der Waals surface area contributed by atoms with Gasteiger partial charge in [-0.2, -0.15) is 0 Å². The molecule has 0 radical (unpaired) electrons. The molecule has 0 N–H and O–H groups in total. The van der Waals surface area contributed by atoms with Gasteiger partial charge in [-0.3, -0.25) is 19.3 Å². The number of hydrogen-bond acceptors (Lipinski definition) is 8. The number of nitrogens with zero attached hydrogens (tertiary/aromatic N) is 2. The molecule has 0 spiro atoms.